The molecule has 5 nitrogen and oxygen atoms in total. The van der Waals surface area contributed by atoms with Crippen molar-refractivity contribution in [1.29, 1.82) is 0 Å². The van der Waals surface area contributed by atoms with Crippen molar-refractivity contribution >= 4 is 28.9 Å². The molecule has 2 spiro atoms. The van der Waals surface area contributed by atoms with E-state index in [9.17, 15) is 13.6 Å². The lowest BCUT2D eigenvalue weighted by Crippen LogP contribution is -2.58. The first-order chi connectivity index (χ1) is 15.1. The SMILES string of the molecule is [C-]#[N+]c1ccc2c(c1)[C@]1(NC(=S)N(CC3CC(F)(F)C3)C1=O)[C@]1(CC[C@H](OC)[C@@H](C)C1)C2. The van der Waals surface area contributed by atoms with Crippen molar-refractivity contribution in [2.75, 3.05) is 13.7 Å². The van der Waals surface area contributed by atoms with Gasteiger partial charge in [-0.15, -0.1) is 0 Å². The lowest BCUT2D eigenvalue weighted by molar-refractivity contribution is -0.144. The number of nitrogens with one attached hydrogen (secondary N) is 1. The molecule has 170 valence electrons. The molecule has 4 aliphatic rings. The van der Waals surface area contributed by atoms with Gasteiger partial charge in [0, 0.05) is 31.9 Å². The first-order valence-corrected chi connectivity index (χ1v) is 11.6. The molecule has 8 heteroatoms. The van der Waals surface area contributed by atoms with Gasteiger partial charge in [-0.2, -0.15) is 0 Å². The Bertz CT molecular complexity index is 1030. The molecule has 1 aromatic rings. The maximum Gasteiger partial charge on any atom is 0.259 e. The van der Waals surface area contributed by atoms with Gasteiger partial charge >= 0.3 is 0 Å². The van der Waals surface area contributed by atoms with Crippen LogP contribution >= 0.6 is 12.2 Å². The highest BCUT2D eigenvalue weighted by Gasteiger charge is 2.68. The van der Waals surface area contributed by atoms with Gasteiger partial charge in [0.25, 0.3) is 5.91 Å². The van der Waals surface area contributed by atoms with E-state index in [1.165, 1.54) is 4.90 Å². The van der Waals surface area contributed by atoms with Gasteiger partial charge in [-0.1, -0.05) is 25.1 Å². The summed E-state index contributed by atoms with van der Waals surface area (Å²) in [6.07, 6.45) is 2.85. The van der Waals surface area contributed by atoms with Crippen LogP contribution in [0.5, 0.6) is 0 Å². The second-order valence-corrected chi connectivity index (χ2v) is 10.5. The summed E-state index contributed by atoms with van der Waals surface area (Å²) < 4.78 is 32.6. The fraction of sp³-hybridized carbons (Fsp3) is 0.625. The van der Waals surface area contributed by atoms with E-state index in [0.29, 0.717) is 10.8 Å². The number of fused-ring (bicyclic) bond motifs is 3. The second-order valence-electron chi connectivity index (χ2n) is 10.1. The number of rotatable bonds is 3. The topological polar surface area (TPSA) is 45.9 Å². The Morgan fingerprint density at radius 2 is 2.09 bits per heavy atom. The Balaban J connectivity index is 1.56. The predicted molar refractivity (Wildman–Crippen MR) is 119 cm³/mol. The number of nitrogens with zero attached hydrogens (tertiary/aromatic N) is 2. The first-order valence-electron chi connectivity index (χ1n) is 11.2. The van der Waals surface area contributed by atoms with Crippen LogP contribution < -0.4 is 5.32 Å². The minimum absolute atomic E-state index is 0.136. The second kappa shape index (κ2) is 7.19. The number of ether oxygens (including phenoxy) is 1. The van der Waals surface area contributed by atoms with Crippen LogP contribution in [0.25, 0.3) is 4.85 Å². The number of hydrogen-bond acceptors (Lipinski definition) is 3. The molecule has 1 amide bonds. The van der Waals surface area contributed by atoms with Crippen LogP contribution in [0.2, 0.25) is 0 Å². The minimum Gasteiger partial charge on any atom is -0.381 e. The normalized spacial score (nSPS) is 35.7. The molecule has 3 fully saturated rings. The van der Waals surface area contributed by atoms with E-state index in [1.54, 1.807) is 13.2 Å². The van der Waals surface area contributed by atoms with E-state index in [-0.39, 0.29) is 43.2 Å². The van der Waals surface area contributed by atoms with Gasteiger partial charge in [0.15, 0.2) is 10.8 Å². The van der Waals surface area contributed by atoms with Crippen molar-refractivity contribution in [3.8, 4) is 0 Å². The molecule has 0 unspecified atom stereocenters. The maximum absolute atomic E-state index is 14.2. The third kappa shape index (κ3) is 2.94. The van der Waals surface area contributed by atoms with Crippen molar-refractivity contribution < 1.29 is 18.3 Å². The Hall–Kier alpha value is -2.11. The average molecular weight is 460 g/mol. The smallest absolute Gasteiger partial charge is 0.259 e. The standard InChI is InChI=1S/C24H27F2N3O2S/c1-14-9-22(7-6-19(14)31-3)12-16-4-5-17(27-2)8-18(16)24(22)20(30)29(21(32)28-24)13-15-10-23(25,26)11-15/h4-5,8,14-15,19H,6-7,9-13H2,1,3H3,(H,28,32)/t14-,19-,22-,24+/m0/s1. The largest absolute Gasteiger partial charge is 0.381 e. The van der Waals surface area contributed by atoms with Gasteiger partial charge in [0.1, 0.15) is 5.54 Å². The molecule has 1 aromatic carbocycles. The summed E-state index contributed by atoms with van der Waals surface area (Å²) in [4.78, 5) is 19.3. The molecule has 1 saturated heterocycles. The molecular weight excluding hydrogens is 432 g/mol. The van der Waals surface area contributed by atoms with Gasteiger partial charge < -0.3 is 10.1 Å². The molecule has 1 N–H and O–H groups in total. The fourth-order valence-corrected chi connectivity index (χ4v) is 7.09. The summed E-state index contributed by atoms with van der Waals surface area (Å²) in [5.41, 5.74) is 0.906. The summed E-state index contributed by atoms with van der Waals surface area (Å²) in [5.74, 6) is -2.79. The molecule has 0 radical (unpaired) electrons. The molecule has 2 saturated carbocycles. The van der Waals surface area contributed by atoms with Crippen LogP contribution in [0.15, 0.2) is 18.2 Å². The highest BCUT2D eigenvalue weighted by atomic mass is 32.1. The maximum atomic E-state index is 14.2. The van der Waals surface area contributed by atoms with E-state index in [0.717, 1.165) is 36.8 Å². The lowest BCUT2D eigenvalue weighted by Gasteiger charge is -2.49. The van der Waals surface area contributed by atoms with Crippen LogP contribution in [-0.4, -0.2) is 41.6 Å². The zero-order valence-electron chi connectivity index (χ0n) is 18.3. The van der Waals surface area contributed by atoms with Crippen molar-refractivity contribution in [2.24, 2.45) is 17.3 Å². The molecule has 32 heavy (non-hydrogen) atoms. The van der Waals surface area contributed by atoms with Gasteiger partial charge in [-0.05, 0) is 60.9 Å². The Morgan fingerprint density at radius 1 is 1.34 bits per heavy atom. The van der Waals surface area contributed by atoms with Crippen LogP contribution in [0.3, 0.4) is 0 Å². The predicted octanol–water partition coefficient (Wildman–Crippen LogP) is 4.57. The molecule has 3 aliphatic carbocycles. The zero-order chi connectivity index (χ0) is 22.9. The van der Waals surface area contributed by atoms with Crippen molar-refractivity contribution in [2.45, 2.75) is 63.0 Å². The quantitative estimate of drug-likeness (QED) is 0.531. The van der Waals surface area contributed by atoms with Crippen molar-refractivity contribution in [1.82, 2.24) is 10.2 Å². The first kappa shape index (κ1) is 21.7. The Labute approximate surface area is 192 Å². The number of hydrogen-bond donors (Lipinski definition) is 1. The molecular formula is C24H27F2N3O2S. The minimum atomic E-state index is -2.64. The van der Waals surface area contributed by atoms with E-state index < -0.39 is 16.9 Å². The highest BCUT2D eigenvalue weighted by Crippen LogP contribution is 2.61. The number of methoxy groups -OCH3 is 1. The van der Waals surface area contributed by atoms with Crippen molar-refractivity contribution in [3.63, 3.8) is 0 Å². The Morgan fingerprint density at radius 3 is 2.72 bits per heavy atom. The summed E-state index contributed by atoms with van der Waals surface area (Å²) >= 11 is 5.61. The van der Waals surface area contributed by atoms with Crippen molar-refractivity contribution in [3.05, 3.63) is 40.7 Å². The van der Waals surface area contributed by atoms with Crippen LogP contribution in [0.4, 0.5) is 14.5 Å². The number of carbonyl (C=O) groups excluding carboxylic acids is 1. The average Bonchev–Trinajstić information content (AvgIpc) is 3.13. The third-order valence-corrected chi connectivity index (χ3v) is 8.55. The molecule has 0 bridgehead atoms. The Kier molecular flexibility index (Phi) is 4.88. The molecule has 1 aliphatic heterocycles. The number of amides is 1. The fourth-order valence-electron chi connectivity index (χ4n) is 6.78. The summed E-state index contributed by atoms with van der Waals surface area (Å²) in [5, 5.41) is 3.71. The molecule has 4 atom stereocenters. The number of halogens is 2. The molecule has 1 heterocycles. The van der Waals surface area contributed by atoms with Gasteiger partial charge in [-0.25, -0.2) is 13.6 Å². The third-order valence-electron chi connectivity index (χ3n) is 8.23. The molecule has 0 aromatic heterocycles. The zero-order valence-corrected chi connectivity index (χ0v) is 19.1. The number of carbonyl (C=O) groups is 1. The van der Waals surface area contributed by atoms with Gasteiger partial charge in [-0.3, -0.25) is 9.69 Å². The summed E-state index contributed by atoms with van der Waals surface area (Å²) in [7, 11) is 1.73. The number of alkyl halides is 2. The van der Waals surface area contributed by atoms with E-state index in [2.05, 4.69) is 17.1 Å². The van der Waals surface area contributed by atoms with Gasteiger partial charge in [0.05, 0.1) is 12.7 Å². The number of benzene rings is 1. The van der Waals surface area contributed by atoms with Gasteiger partial charge in [0.2, 0.25) is 5.92 Å². The van der Waals surface area contributed by atoms with Crippen LogP contribution in [-0.2, 0) is 21.5 Å². The van der Waals surface area contributed by atoms with Crippen LogP contribution in [0.1, 0.15) is 50.2 Å². The van der Waals surface area contributed by atoms with Crippen LogP contribution in [0, 0.1) is 23.8 Å². The van der Waals surface area contributed by atoms with E-state index in [1.807, 2.05) is 12.1 Å². The van der Waals surface area contributed by atoms with E-state index >= 15 is 0 Å². The summed E-state index contributed by atoms with van der Waals surface area (Å²) in [6.45, 7) is 9.84. The highest BCUT2D eigenvalue weighted by molar-refractivity contribution is 7.80. The lowest BCUT2D eigenvalue weighted by atomic mass is 9.59. The monoisotopic (exact) mass is 459 g/mol. The molecule has 5 rings (SSSR count). The van der Waals surface area contributed by atoms with E-state index in [4.69, 9.17) is 23.5 Å². The summed E-state index contributed by atoms with van der Waals surface area (Å²) in [6, 6.07) is 5.58. The number of thiocarbonyl (C=S) groups is 1.